The summed E-state index contributed by atoms with van der Waals surface area (Å²) in [6.45, 7) is 0. The second-order valence-corrected chi connectivity index (χ2v) is 4.92. The van der Waals surface area contributed by atoms with Crippen LogP contribution in [0.2, 0.25) is 0 Å². The van der Waals surface area contributed by atoms with Crippen LogP contribution in [0.5, 0.6) is 11.6 Å². The Morgan fingerprint density at radius 3 is 2.61 bits per heavy atom. The first-order chi connectivity index (χ1) is 11.2. The fraction of sp³-hybridized carbons (Fsp3) is 0. The lowest BCUT2D eigenvalue weighted by molar-refractivity contribution is 0.467. The normalized spacial score (nSPS) is 11.0. The predicted molar refractivity (Wildman–Crippen MR) is 81.3 cm³/mol. The summed E-state index contributed by atoms with van der Waals surface area (Å²) in [5, 5.41) is 1.21. The molecule has 112 valence electrons. The molecule has 0 spiro atoms. The lowest BCUT2D eigenvalue weighted by Gasteiger charge is -2.08. The molecule has 0 saturated heterocycles. The third kappa shape index (κ3) is 2.44. The molecule has 2 heterocycles. The molecule has 2 aromatic carbocycles. The molecule has 0 unspecified atom stereocenters. The molecular weight excluding hydrogens is 300 g/mol. The zero-order valence-electron chi connectivity index (χ0n) is 11.7. The van der Waals surface area contributed by atoms with Gasteiger partial charge in [-0.3, -0.25) is 4.98 Å². The van der Waals surface area contributed by atoms with Crippen molar-refractivity contribution in [2.24, 2.45) is 0 Å². The number of pyridine rings is 1. The van der Waals surface area contributed by atoms with Crippen molar-refractivity contribution in [2.75, 3.05) is 0 Å². The van der Waals surface area contributed by atoms with E-state index >= 15 is 0 Å². The average Bonchev–Trinajstić information content (AvgIpc) is 2.56. The predicted octanol–water partition coefficient (Wildman–Crippen LogP) is 4.25. The van der Waals surface area contributed by atoms with E-state index in [0.29, 0.717) is 11.1 Å². The molecule has 0 aliphatic carbocycles. The molecule has 0 aliphatic heterocycles. The average molecular weight is 309 g/mol. The largest absolute Gasteiger partial charge is 0.438 e. The van der Waals surface area contributed by atoms with E-state index in [-0.39, 0.29) is 11.4 Å². The van der Waals surface area contributed by atoms with E-state index in [0.717, 1.165) is 23.0 Å². The molecule has 0 atom stereocenters. The maximum atomic E-state index is 13.5. The standard InChI is InChI=1S/C17H9F2N3O/c18-13-7-12-16(8-14(13)19)21-9-22-17(12)23-11-3-4-15-10(6-11)2-1-5-20-15/h1-9H. The van der Waals surface area contributed by atoms with Crippen molar-refractivity contribution >= 4 is 21.8 Å². The lowest BCUT2D eigenvalue weighted by atomic mass is 10.2. The quantitative estimate of drug-likeness (QED) is 0.555. The highest BCUT2D eigenvalue weighted by Gasteiger charge is 2.11. The van der Waals surface area contributed by atoms with Crippen LogP contribution < -0.4 is 4.74 Å². The molecule has 0 radical (unpaired) electrons. The van der Waals surface area contributed by atoms with Gasteiger partial charge in [0.2, 0.25) is 5.88 Å². The topological polar surface area (TPSA) is 47.9 Å². The number of hydrogen-bond acceptors (Lipinski definition) is 4. The van der Waals surface area contributed by atoms with E-state index in [9.17, 15) is 8.78 Å². The monoisotopic (exact) mass is 309 g/mol. The van der Waals surface area contributed by atoms with Crippen molar-refractivity contribution in [3.05, 3.63) is 66.6 Å². The molecule has 4 aromatic rings. The molecular formula is C17H9F2N3O. The van der Waals surface area contributed by atoms with Crippen molar-refractivity contribution in [3.8, 4) is 11.6 Å². The molecule has 0 fully saturated rings. The third-order valence-electron chi connectivity index (χ3n) is 3.43. The number of hydrogen-bond donors (Lipinski definition) is 0. The highest BCUT2D eigenvalue weighted by molar-refractivity contribution is 5.84. The molecule has 0 N–H and O–H groups in total. The molecule has 4 rings (SSSR count). The molecule has 2 aromatic heterocycles. The summed E-state index contributed by atoms with van der Waals surface area (Å²) in [4.78, 5) is 12.2. The fourth-order valence-corrected chi connectivity index (χ4v) is 2.34. The molecule has 0 bridgehead atoms. The Kier molecular flexibility index (Phi) is 3.08. The summed E-state index contributed by atoms with van der Waals surface area (Å²) in [7, 11) is 0. The first-order valence-corrected chi connectivity index (χ1v) is 6.83. The number of ether oxygens (including phenoxy) is 1. The van der Waals surface area contributed by atoms with Crippen LogP contribution >= 0.6 is 0 Å². The Morgan fingerprint density at radius 1 is 0.826 bits per heavy atom. The van der Waals surface area contributed by atoms with Gasteiger partial charge in [0.1, 0.15) is 12.1 Å². The zero-order chi connectivity index (χ0) is 15.8. The highest BCUT2D eigenvalue weighted by atomic mass is 19.2. The van der Waals surface area contributed by atoms with Crippen LogP contribution in [0.4, 0.5) is 8.78 Å². The van der Waals surface area contributed by atoms with Gasteiger partial charge in [-0.2, -0.15) is 0 Å². The number of nitrogens with zero attached hydrogens (tertiary/aromatic N) is 3. The van der Waals surface area contributed by atoms with E-state index in [1.165, 1.54) is 6.33 Å². The summed E-state index contributed by atoms with van der Waals surface area (Å²) in [5.74, 6) is -1.24. The van der Waals surface area contributed by atoms with E-state index in [2.05, 4.69) is 15.0 Å². The summed E-state index contributed by atoms with van der Waals surface area (Å²) >= 11 is 0. The van der Waals surface area contributed by atoms with Crippen LogP contribution in [0.3, 0.4) is 0 Å². The number of aromatic nitrogens is 3. The number of benzene rings is 2. The van der Waals surface area contributed by atoms with Crippen LogP contribution in [0.15, 0.2) is 55.0 Å². The molecule has 0 amide bonds. The Labute approximate surface area is 129 Å². The minimum atomic E-state index is -0.972. The first-order valence-electron chi connectivity index (χ1n) is 6.83. The van der Waals surface area contributed by atoms with E-state index in [1.807, 2.05) is 18.2 Å². The van der Waals surface area contributed by atoms with E-state index in [1.54, 1.807) is 18.3 Å². The van der Waals surface area contributed by atoms with E-state index in [4.69, 9.17) is 4.74 Å². The van der Waals surface area contributed by atoms with Crippen LogP contribution in [0.1, 0.15) is 0 Å². The molecule has 4 nitrogen and oxygen atoms in total. The van der Waals surface area contributed by atoms with Gasteiger partial charge in [-0.25, -0.2) is 18.7 Å². The molecule has 0 aliphatic rings. The van der Waals surface area contributed by atoms with Gasteiger partial charge < -0.3 is 4.74 Å². The van der Waals surface area contributed by atoms with Crippen molar-refractivity contribution in [3.63, 3.8) is 0 Å². The maximum Gasteiger partial charge on any atom is 0.230 e. The Morgan fingerprint density at radius 2 is 1.70 bits per heavy atom. The van der Waals surface area contributed by atoms with Crippen LogP contribution in [-0.4, -0.2) is 15.0 Å². The Hall–Kier alpha value is -3.15. The van der Waals surface area contributed by atoms with Crippen LogP contribution in [0, 0.1) is 11.6 Å². The number of fused-ring (bicyclic) bond motifs is 2. The van der Waals surface area contributed by atoms with Crippen molar-refractivity contribution in [1.29, 1.82) is 0 Å². The second kappa shape index (κ2) is 5.24. The molecule has 6 heteroatoms. The highest BCUT2D eigenvalue weighted by Crippen LogP contribution is 2.29. The smallest absolute Gasteiger partial charge is 0.230 e. The lowest BCUT2D eigenvalue weighted by Crippen LogP contribution is -1.94. The number of rotatable bonds is 2. The minimum Gasteiger partial charge on any atom is -0.438 e. The van der Waals surface area contributed by atoms with Crippen LogP contribution in [-0.2, 0) is 0 Å². The van der Waals surface area contributed by atoms with Gasteiger partial charge in [0.05, 0.1) is 16.4 Å². The Bertz CT molecular complexity index is 1040. The van der Waals surface area contributed by atoms with Crippen molar-refractivity contribution in [2.45, 2.75) is 0 Å². The van der Waals surface area contributed by atoms with Gasteiger partial charge in [0, 0.05) is 17.6 Å². The zero-order valence-corrected chi connectivity index (χ0v) is 11.7. The summed E-state index contributed by atoms with van der Waals surface area (Å²) in [6.07, 6.45) is 2.95. The first kappa shape index (κ1) is 13.5. The Balaban J connectivity index is 1.80. The molecule has 0 saturated carbocycles. The van der Waals surface area contributed by atoms with Crippen LogP contribution in [0.25, 0.3) is 21.8 Å². The molecule has 23 heavy (non-hydrogen) atoms. The summed E-state index contributed by atoms with van der Waals surface area (Å²) < 4.78 is 32.5. The van der Waals surface area contributed by atoms with Crippen molar-refractivity contribution in [1.82, 2.24) is 15.0 Å². The van der Waals surface area contributed by atoms with Gasteiger partial charge in [-0.05, 0) is 30.3 Å². The summed E-state index contributed by atoms with van der Waals surface area (Å²) in [5.41, 5.74) is 1.11. The fourth-order valence-electron chi connectivity index (χ4n) is 2.34. The minimum absolute atomic E-state index is 0.164. The second-order valence-electron chi connectivity index (χ2n) is 4.92. The van der Waals surface area contributed by atoms with Gasteiger partial charge in [-0.15, -0.1) is 0 Å². The maximum absolute atomic E-state index is 13.5. The van der Waals surface area contributed by atoms with E-state index < -0.39 is 11.6 Å². The van der Waals surface area contributed by atoms with Gasteiger partial charge in [0.25, 0.3) is 0 Å². The summed E-state index contributed by atoms with van der Waals surface area (Å²) in [6, 6.07) is 11.1. The third-order valence-corrected chi connectivity index (χ3v) is 3.43. The van der Waals surface area contributed by atoms with Gasteiger partial charge >= 0.3 is 0 Å². The van der Waals surface area contributed by atoms with Gasteiger partial charge in [0.15, 0.2) is 11.6 Å². The number of halogens is 2. The SMILES string of the molecule is Fc1cc2ncnc(Oc3ccc4ncccc4c3)c2cc1F. The van der Waals surface area contributed by atoms with Crippen molar-refractivity contribution < 1.29 is 13.5 Å². The van der Waals surface area contributed by atoms with Gasteiger partial charge in [-0.1, -0.05) is 6.07 Å².